The van der Waals surface area contributed by atoms with Crippen LogP contribution in [0.25, 0.3) is 0 Å². The number of esters is 1. The number of thiazole rings is 1. The fourth-order valence-corrected chi connectivity index (χ4v) is 2.04. The Morgan fingerprint density at radius 2 is 2.17 bits per heavy atom. The first-order valence-corrected chi connectivity index (χ1v) is 6.97. The van der Waals surface area contributed by atoms with E-state index in [1.165, 1.54) is 11.3 Å². The van der Waals surface area contributed by atoms with Gasteiger partial charge < -0.3 is 10.1 Å². The highest BCUT2D eigenvalue weighted by atomic mass is 32.1. The molecule has 0 radical (unpaired) electrons. The molecule has 6 heteroatoms. The fourth-order valence-electron chi connectivity index (χ4n) is 1.35. The molecule has 0 aliphatic rings. The molecule has 0 aliphatic heterocycles. The zero-order valence-electron chi connectivity index (χ0n) is 10.7. The highest BCUT2D eigenvalue weighted by Gasteiger charge is 2.12. The van der Waals surface area contributed by atoms with Crippen molar-refractivity contribution < 1.29 is 14.3 Å². The van der Waals surface area contributed by atoms with Gasteiger partial charge in [-0.25, -0.2) is 9.78 Å². The number of carbonyl (C=O) groups is 2. The van der Waals surface area contributed by atoms with Gasteiger partial charge in [-0.15, -0.1) is 11.3 Å². The zero-order valence-corrected chi connectivity index (χ0v) is 11.5. The monoisotopic (exact) mass is 270 g/mol. The van der Waals surface area contributed by atoms with E-state index in [0.717, 1.165) is 19.3 Å². The molecule has 0 unspecified atom stereocenters. The lowest BCUT2D eigenvalue weighted by Crippen LogP contribution is -2.11. The molecule has 1 aromatic heterocycles. The number of anilines is 1. The summed E-state index contributed by atoms with van der Waals surface area (Å²) in [5, 5.41) is 4.71. The van der Waals surface area contributed by atoms with Crippen molar-refractivity contribution in [2.75, 3.05) is 11.9 Å². The number of nitrogens with one attached hydrogen (secondary N) is 1. The molecule has 1 heterocycles. The van der Waals surface area contributed by atoms with Crippen molar-refractivity contribution in [2.24, 2.45) is 0 Å². The normalized spacial score (nSPS) is 10.1. The second-order valence-corrected chi connectivity index (χ2v) is 4.62. The van der Waals surface area contributed by atoms with E-state index in [1.54, 1.807) is 12.3 Å². The lowest BCUT2D eigenvalue weighted by molar-refractivity contribution is -0.116. The van der Waals surface area contributed by atoms with Crippen LogP contribution in [0.5, 0.6) is 0 Å². The molecule has 0 saturated heterocycles. The maximum atomic E-state index is 11.5. The molecule has 1 rings (SSSR count). The average Bonchev–Trinajstić information content (AvgIpc) is 2.78. The van der Waals surface area contributed by atoms with E-state index < -0.39 is 5.97 Å². The first-order chi connectivity index (χ1) is 8.67. The number of amides is 1. The van der Waals surface area contributed by atoms with Gasteiger partial charge in [0.1, 0.15) is 0 Å². The summed E-state index contributed by atoms with van der Waals surface area (Å²) in [6, 6.07) is 0. The van der Waals surface area contributed by atoms with Crippen molar-refractivity contribution in [1.29, 1.82) is 0 Å². The van der Waals surface area contributed by atoms with Crippen LogP contribution in [0.4, 0.5) is 5.13 Å². The Morgan fingerprint density at radius 1 is 1.39 bits per heavy atom. The van der Waals surface area contributed by atoms with Gasteiger partial charge in [-0.05, 0) is 13.3 Å². The van der Waals surface area contributed by atoms with E-state index in [2.05, 4.69) is 17.2 Å². The SMILES string of the molecule is CCCCCC(=O)Nc1nc(C(=O)OCC)cs1. The third kappa shape index (κ3) is 4.83. The van der Waals surface area contributed by atoms with E-state index in [4.69, 9.17) is 4.74 Å². The van der Waals surface area contributed by atoms with E-state index >= 15 is 0 Å². The summed E-state index contributed by atoms with van der Waals surface area (Å²) in [6.45, 7) is 4.14. The third-order valence-corrected chi connectivity index (χ3v) is 3.00. The summed E-state index contributed by atoms with van der Waals surface area (Å²) >= 11 is 1.23. The van der Waals surface area contributed by atoms with Crippen molar-refractivity contribution >= 4 is 28.3 Å². The molecule has 5 nitrogen and oxygen atoms in total. The second-order valence-electron chi connectivity index (χ2n) is 3.76. The van der Waals surface area contributed by atoms with E-state index in [-0.39, 0.29) is 11.6 Å². The molecule has 1 N–H and O–H groups in total. The minimum Gasteiger partial charge on any atom is -0.461 e. The summed E-state index contributed by atoms with van der Waals surface area (Å²) in [7, 11) is 0. The smallest absolute Gasteiger partial charge is 0.357 e. The van der Waals surface area contributed by atoms with E-state index in [1.807, 2.05) is 0 Å². The molecule has 1 aromatic rings. The molecule has 100 valence electrons. The standard InChI is InChI=1S/C12H18N2O3S/c1-3-5-6-7-10(15)14-12-13-9(8-18-12)11(16)17-4-2/h8H,3-7H2,1-2H3,(H,13,14,15). The average molecular weight is 270 g/mol. The third-order valence-electron chi connectivity index (χ3n) is 2.24. The Hall–Kier alpha value is -1.43. The van der Waals surface area contributed by atoms with Gasteiger partial charge in [0.15, 0.2) is 10.8 Å². The number of carbonyl (C=O) groups excluding carboxylic acids is 2. The fraction of sp³-hybridized carbons (Fsp3) is 0.583. The molecular weight excluding hydrogens is 252 g/mol. The van der Waals surface area contributed by atoms with Crippen LogP contribution in [0, 0.1) is 0 Å². The number of unbranched alkanes of at least 4 members (excludes halogenated alkanes) is 2. The number of ether oxygens (including phenoxy) is 1. The second kappa shape index (κ2) is 7.81. The van der Waals surface area contributed by atoms with Crippen LogP contribution in [0.3, 0.4) is 0 Å². The Bertz CT molecular complexity index is 404. The molecule has 0 bridgehead atoms. The summed E-state index contributed by atoms with van der Waals surface area (Å²) in [4.78, 5) is 26.9. The van der Waals surface area contributed by atoms with Gasteiger partial charge >= 0.3 is 5.97 Å². The minimum atomic E-state index is -0.458. The van der Waals surface area contributed by atoms with Crippen molar-refractivity contribution in [3.63, 3.8) is 0 Å². The van der Waals surface area contributed by atoms with Gasteiger partial charge in [-0.2, -0.15) is 0 Å². The van der Waals surface area contributed by atoms with Crippen molar-refractivity contribution in [2.45, 2.75) is 39.5 Å². The van der Waals surface area contributed by atoms with Crippen molar-refractivity contribution in [1.82, 2.24) is 4.98 Å². The van der Waals surface area contributed by atoms with Crippen LogP contribution in [-0.2, 0) is 9.53 Å². The topological polar surface area (TPSA) is 68.3 Å². The maximum absolute atomic E-state index is 11.5. The van der Waals surface area contributed by atoms with Crippen molar-refractivity contribution in [3.05, 3.63) is 11.1 Å². The number of aromatic nitrogens is 1. The van der Waals surface area contributed by atoms with Gasteiger partial charge in [0.25, 0.3) is 0 Å². The summed E-state index contributed by atoms with van der Waals surface area (Å²) in [6.07, 6.45) is 3.48. The van der Waals surface area contributed by atoms with Crippen LogP contribution in [-0.4, -0.2) is 23.5 Å². The number of hydrogen-bond donors (Lipinski definition) is 1. The largest absolute Gasteiger partial charge is 0.461 e. The Balaban J connectivity index is 2.43. The molecule has 0 fully saturated rings. The van der Waals surface area contributed by atoms with Crippen LogP contribution in [0.15, 0.2) is 5.38 Å². The van der Waals surface area contributed by atoms with Crippen LogP contribution < -0.4 is 5.32 Å². The molecule has 1 amide bonds. The van der Waals surface area contributed by atoms with Crippen LogP contribution in [0.1, 0.15) is 50.0 Å². The number of hydrogen-bond acceptors (Lipinski definition) is 5. The first-order valence-electron chi connectivity index (χ1n) is 6.09. The number of rotatable bonds is 7. The molecule has 0 saturated carbocycles. The lowest BCUT2D eigenvalue weighted by atomic mass is 10.2. The number of nitrogens with zero attached hydrogens (tertiary/aromatic N) is 1. The molecule has 0 aromatic carbocycles. The molecule has 0 spiro atoms. The van der Waals surface area contributed by atoms with Gasteiger partial charge in [-0.3, -0.25) is 4.79 Å². The highest BCUT2D eigenvalue weighted by molar-refractivity contribution is 7.14. The Kier molecular flexibility index (Phi) is 6.35. The molecular formula is C12H18N2O3S. The summed E-state index contributed by atoms with van der Waals surface area (Å²) < 4.78 is 4.82. The van der Waals surface area contributed by atoms with Crippen LogP contribution >= 0.6 is 11.3 Å². The Morgan fingerprint density at radius 3 is 2.83 bits per heavy atom. The molecule has 0 atom stereocenters. The first kappa shape index (κ1) is 14.6. The Labute approximate surface area is 111 Å². The van der Waals surface area contributed by atoms with Gasteiger partial charge in [-0.1, -0.05) is 19.8 Å². The van der Waals surface area contributed by atoms with E-state index in [0.29, 0.717) is 18.2 Å². The minimum absolute atomic E-state index is 0.0618. The van der Waals surface area contributed by atoms with Crippen LogP contribution in [0.2, 0.25) is 0 Å². The van der Waals surface area contributed by atoms with Gasteiger partial charge in [0, 0.05) is 11.8 Å². The highest BCUT2D eigenvalue weighted by Crippen LogP contribution is 2.16. The maximum Gasteiger partial charge on any atom is 0.357 e. The van der Waals surface area contributed by atoms with Gasteiger partial charge in [0.2, 0.25) is 5.91 Å². The molecule has 18 heavy (non-hydrogen) atoms. The predicted molar refractivity (Wildman–Crippen MR) is 70.8 cm³/mol. The quantitative estimate of drug-likeness (QED) is 0.611. The molecule has 0 aliphatic carbocycles. The predicted octanol–water partition coefficient (Wildman–Crippen LogP) is 2.84. The summed E-state index contributed by atoms with van der Waals surface area (Å²) in [5.74, 6) is -0.520. The lowest BCUT2D eigenvalue weighted by Gasteiger charge is -2.00. The van der Waals surface area contributed by atoms with Crippen molar-refractivity contribution in [3.8, 4) is 0 Å². The van der Waals surface area contributed by atoms with Gasteiger partial charge in [0.05, 0.1) is 6.61 Å². The van der Waals surface area contributed by atoms with E-state index in [9.17, 15) is 9.59 Å². The zero-order chi connectivity index (χ0) is 13.4. The summed E-state index contributed by atoms with van der Waals surface area (Å²) in [5.41, 5.74) is 0.241.